The monoisotopic (exact) mass is 555 g/mol. The lowest BCUT2D eigenvalue weighted by atomic mass is 10.2. The van der Waals surface area contributed by atoms with Crippen molar-refractivity contribution >= 4 is 67.1 Å². The Balaban J connectivity index is 1.78. The average molecular weight is 557 g/mol. The van der Waals surface area contributed by atoms with Crippen LogP contribution in [0.25, 0.3) is 6.08 Å². The molecule has 10 heteroatoms. The van der Waals surface area contributed by atoms with E-state index < -0.39 is 11.8 Å². The highest BCUT2D eigenvalue weighted by Gasteiger charge is 2.10. The van der Waals surface area contributed by atoms with Crippen LogP contribution in [-0.2, 0) is 9.59 Å². The molecule has 158 valence electrons. The second-order valence-electron chi connectivity index (χ2n) is 5.89. The number of ether oxygens (including phenoxy) is 2. The third-order valence-electron chi connectivity index (χ3n) is 3.65. The molecule has 0 radical (unpaired) electrons. The van der Waals surface area contributed by atoms with Crippen LogP contribution >= 0.6 is 44.1 Å². The molecule has 0 aliphatic heterocycles. The minimum atomic E-state index is -0.467. The van der Waals surface area contributed by atoms with E-state index in [1.807, 2.05) is 37.3 Å². The van der Waals surface area contributed by atoms with Gasteiger partial charge in [0.25, 0.3) is 5.91 Å². The Morgan fingerprint density at radius 1 is 1.17 bits per heavy atom. The van der Waals surface area contributed by atoms with Gasteiger partial charge in [-0.25, -0.2) is 0 Å². The number of aryl methyl sites for hydroxylation is 1. The van der Waals surface area contributed by atoms with E-state index in [4.69, 9.17) is 21.7 Å². The van der Waals surface area contributed by atoms with Crippen molar-refractivity contribution in [2.75, 3.05) is 13.7 Å². The van der Waals surface area contributed by atoms with Gasteiger partial charge >= 0.3 is 0 Å². The highest BCUT2D eigenvalue weighted by atomic mass is 79.9. The van der Waals surface area contributed by atoms with E-state index in [1.54, 1.807) is 19.3 Å². The molecular formula is C20H19Br2N3O4S. The second-order valence-corrected chi connectivity index (χ2v) is 8.07. The molecule has 0 saturated heterocycles. The SMILES string of the molecule is COc1ccccc1C=CC(=O)NC(=S)NNC(=O)COc1c(C)cc(Br)cc1Br. The number of hydrogen-bond acceptors (Lipinski definition) is 5. The largest absolute Gasteiger partial charge is 0.496 e. The van der Waals surface area contributed by atoms with Crippen LogP contribution in [0.1, 0.15) is 11.1 Å². The van der Waals surface area contributed by atoms with Crippen molar-refractivity contribution in [1.82, 2.24) is 16.2 Å². The number of carbonyl (C=O) groups excluding carboxylic acids is 2. The van der Waals surface area contributed by atoms with Crippen LogP contribution in [0.15, 0.2) is 51.4 Å². The van der Waals surface area contributed by atoms with Gasteiger partial charge in [-0.2, -0.15) is 0 Å². The standard InChI is InChI=1S/C20H19Br2N3O4S/c1-12-9-14(21)10-15(22)19(12)29-11-18(27)24-25-20(30)23-17(26)8-7-13-5-3-4-6-16(13)28-2/h3-10H,11H2,1-2H3,(H,24,27)(H2,23,25,26,30). The minimum absolute atomic E-state index is 0.0565. The summed E-state index contributed by atoms with van der Waals surface area (Å²) < 4.78 is 12.4. The Hall–Kier alpha value is -2.43. The van der Waals surface area contributed by atoms with E-state index in [-0.39, 0.29) is 11.7 Å². The summed E-state index contributed by atoms with van der Waals surface area (Å²) in [6.07, 6.45) is 2.91. The van der Waals surface area contributed by atoms with E-state index >= 15 is 0 Å². The van der Waals surface area contributed by atoms with Crippen molar-refractivity contribution in [1.29, 1.82) is 0 Å². The zero-order valence-corrected chi connectivity index (χ0v) is 20.1. The Bertz CT molecular complexity index is 959. The molecule has 0 saturated carbocycles. The summed E-state index contributed by atoms with van der Waals surface area (Å²) in [5, 5.41) is 2.37. The number of rotatable bonds is 6. The van der Waals surface area contributed by atoms with Crippen molar-refractivity contribution in [3.05, 3.63) is 62.5 Å². The van der Waals surface area contributed by atoms with E-state index in [1.165, 1.54) is 6.08 Å². The molecule has 0 bridgehead atoms. The van der Waals surface area contributed by atoms with Crippen LogP contribution in [-0.4, -0.2) is 30.6 Å². The van der Waals surface area contributed by atoms with Gasteiger partial charge < -0.3 is 9.47 Å². The highest BCUT2D eigenvalue weighted by Crippen LogP contribution is 2.32. The number of amides is 2. The van der Waals surface area contributed by atoms with Gasteiger partial charge in [0.2, 0.25) is 5.91 Å². The Labute approximate surface area is 196 Å². The van der Waals surface area contributed by atoms with E-state index in [9.17, 15) is 9.59 Å². The summed E-state index contributed by atoms with van der Waals surface area (Å²) in [5.74, 6) is 0.275. The normalized spacial score (nSPS) is 10.4. The number of methoxy groups -OCH3 is 1. The molecule has 0 atom stereocenters. The summed E-state index contributed by atoms with van der Waals surface area (Å²) in [5.41, 5.74) is 6.42. The number of benzene rings is 2. The Morgan fingerprint density at radius 2 is 1.90 bits per heavy atom. The van der Waals surface area contributed by atoms with Gasteiger partial charge in [0.15, 0.2) is 11.7 Å². The van der Waals surface area contributed by atoms with Crippen LogP contribution in [0.2, 0.25) is 0 Å². The zero-order valence-electron chi connectivity index (χ0n) is 16.1. The summed E-state index contributed by atoms with van der Waals surface area (Å²) in [6, 6.07) is 11.0. The molecule has 0 spiro atoms. The summed E-state index contributed by atoms with van der Waals surface area (Å²) >= 11 is 11.8. The van der Waals surface area contributed by atoms with Crippen LogP contribution in [0, 0.1) is 6.92 Å². The fraction of sp³-hybridized carbons (Fsp3) is 0.150. The van der Waals surface area contributed by atoms with Crippen molar-refractivity contribution < 1.29 is 19.1 Å². The van der Waals surface area contributed by atoms with Crippen molar-refractivity contribution in [2.45, 2.75) is 6.92 Å². The number of hydrogen-bond donors (Lipinski definition) is 3. The van der Waals surface area contributed by atoms with Gasteiger partial charge in [-0.15, -0.1) is 0 Å². The maximum Gasteiger partial charge on any atom is 0.276 e. The molecular weight excluding hydrogens is 538 g/mol. The number of carbonyl (C=O) groups is 2. The predicted molar refractivity (Wildman–Crippen MR) is 126 cm³/mol. The first-order valence-corrected chi connectivity index (χ1v) is 10.6. The molecule has 3 N–H and O–H groups in total. The Morgan fingerprint density at radius 3 is 2.60 bits per heavy atom. The van der Waals surface area contributed by atoms with Gasteiger partial charge in [0.1, 0.15) is 11.5 Å². The first-order valence-electron chi connectivity index (χ1n) is 8.59. The predicted octanol–water partition coefficient (Wildman–Crippen LogP) is 3.64. The molecule has 0 heterocycles. The minimum Gasteiger partial charge on any atom is -0.496 e. The van der Waals surface area contributed by atoms with Gasteiger partial charge in [-0.3, -0.25) is 25.8 Å². The van der Waals surface area contributed by atoms with Crippen molar-refractivity contribution in [2.24, 2.45) is 0 Å². The first kappa shape index (κ1) is 23.8. The lowest BCUT2D eigenvalue weighted by Gasteiger charge is -2.13. The lowest BCUT2D eigenvalue weighted by molar-refractivity contribution is -0.123. The smallest absolute Gasteiger partial charge is 0.276 e. The van der Waals surface area contributed by atoms with Gasteiger partial charge in [0, 0.05) is 16.1 Å². The molecule has 0 fully saturated rings. The van der Waals surface area contributed by atoms with Gasteiger partial charge in [-0.05, 0) is 64.9 Å². The first-order chi connectivity index (χ1) is 14.3. The maximum absolute atomic E-state index is 12.0. The quantitative estimate of drug-likeness (QED) is 0.286. The fourth-order valence-corrected chi connectivity index (χ4v) is 4.03. The summed E-state index contributed by atoms with van der Waals surface area (Å²) in [4.78, 5) is 23.9. The molecule has 0 aliphatic carbocycles. The van der Waals surface area contributed by atoms with Crippen molar-refractivity contribution in [3.8, 4) is 11.5 Å². The number of halogens is 2. The molecule has 30 heavy (non-hydrogen) atoms. The van der Waals surface area contributed by atoms with Crippen LogP contribution < -0.4 is 25.6 Å². The van der Waals surface area contributed by atoms with Crippen LogP contribution in [0.4, 0.5) is 0 Å². The molecule has 2 rings (SSSR count). The second kappa shape index (κ2) is 11.7. The zero-order chi connectivity index (χ0) is 22.1. The van der Waals surface area contributed by atoms with Crippen LogP contribution in [0.5, 0.6) is 11.5 Å². The van der Waals surface area contributed by atoms with E-state index in [0.29, 0.717) is 11.5 Å². The Kier molecular flexibility index (Phi) is 9.28. The average Bonchev–Trinajstić information content (AvgIpc) is 2.70. The van der Waals surface area contributed by atoms with Crippen LogP contribution in [0.3, 0.4) is 0 Å². The van der Waals surface area contributed by atoms with Crippen molar-refractivity contribution in [3.63, 3.8) is 0 Å². The maximum atomic E-state index is 12.0. The molecule has 0 unspecified atom stereocenters. The summed E-state index contributed by atoms with van der Waals surface area (Å²) in [7, 11) is 1.55. The molecule has 2 amide bonds. The number of hydrazine groups is 1. The fourth-order valence-electron chi connectivity index (χ4n) is 2.33. The highest BCUT2D eigenvalue weighted by molar-refractivity contribution is 9.11. The number of para-hydroxylation sites is 1. The molecule has 7 nitrogen and oxygen atoms in total. The van der Waals surface area contributed by atoms with Gasteiger partial charge in [0.05, 0.1) is 11.6 Å². The molecule has 0 aromatic heterocycles. The topological polar surface area (TPSA) is 88.7 Å². The third kappa shape index (κ3) is 7.43. The van der Waals surface area contributed by atoms with E-state index in [0.717, 1.165) is 20.1 Å². The van der Waals surface area contributed by atoms with Gasteiger partial charge in [-0.1, -0.05) is 34.1 Å². The summed E-state index contributed by atoms with van der Waals surface area (Å²) in [6.45, 7) is 1.63. The number of thiocarbonyl (C=S) groups is 1. The number of nitrogens with one attached hydrogen (secondary N) is 3. The molecule has 2 aromatic carbocycles. The molecule has 2 aromatic rings. The third-order valence-corrected chi connectivity index (χ3v) is 4.90. The molecule has 0 aliphatic rings. The lowest BCUT2D eigenvalue weighted by Crippen LogP contribution is -2.49. The van der Waals surface area contributed by atoms with E-state index in [2.05, 4.69) is 48.0 Å².